The minimum absolute atomic E-state index is 0.0301. The van der Waals surface area contributed by atoms with Crippen molar-refractivity contribution >= 4 is 5.97 Å². The zero-order chi connectivity index (χ0) is 19.6. The van der Waals surface area contributed by atoms with Crippen molar-refractivity contribution in [2.45, 2.75) is 18.4 Å². The Labute approximate surface area is 156 Å². The van der Waals surface area contributed by atoms with Crippen molar-refractivity contribution in [3.8, 4) is 23.0 Å². The Bertz CT molecular complexity index is 848. The highest BCUT2D eigenvalue weighted by Gasteiger charge is 2.51. The quantitative estimate of drug-likeness (QED) is 0.523. The lowest BCUT2D eigenvalue weighted by atomic mass is 9.81. The van der Waals surface area contributed by atoms with Gasteiger partial charge in [0.05, 0.1) is 20.8 Å². The Morgan fingerprint density at radius 1 is 1.04 bits per heavy atom. The molecule has 0 radical (unpaired) electrons. The summed E-state index contributed by atoms with van der Waals surface area (Å²) >= 11 is 0. The van der Waals surface area contributed by atoms with E-state index in [0.29, 0.717) is 23.5 Å². The number of aromatic hydroxyl groups is 2. The number of carbonyl (C=O) groups is 1. The molecule has 1 aliphatic rings. The molecule has 3 rings (SSSR count). The van der Waals surface area contributed by atoms with Gasteiger partial charge < -0.3 is 29.5 Å². The lowest BCUT2D eigenvalue weighted by Gasteiger charge is -2.25. The molecule has 27 heavy (non-hydrogen) atoms. The first-order chi connectivity index (χ1) is 12.9. The van der Waals surface area contributed by atoms with Crippen LogP contribution in [-0.2, 0) is 22.4 Å². The van der Waals surface area contributed by atoms with Crippen molar-refractivity contribution in [1.29, 1.82) is 0 Å². The summed E-state index contributed by atoms with van der Waals surface area (Å²) < 4.78 is 15.6. The van der Waals surface area contributed by atoms with E-state index >= 15 is 0 Å². The second-order valence-electron chi connectivity index (χ2n) is 6.61. The third kappa shape index (κ3) is 3.64. The van der Waals surface area contributed by atoms with Crippen LogP contribution in [0.1, 0.15) is 11.1 Å². The highest BCUT2D eigenvalue weighted by molar-refractivity contribution is 5.82. The second-order valence-corrected chi connectivity index (χ2v) is 6.61. The number of esters is 1. The number of methoxy groups -OCH3 is 2. The molecule has 0 saturated carbocycles. The largest absolute Gasteiger partial charge is 0.504 e. The van der Waals surface area contributed by atoms with Crippen molar-refractivity contribution in [2.24, 2.45) is 5.92 Å². The first-order valence-electron chi connectivity index (χ1n) is 8.48. The van der Waals surface area contributed by atoms with E-state index in [9.17, 15) is 20.1 Å². The number of rotatable bonds is 6. The molecule has 7 heteroatoms. The van der Waals surface area contributed by atoms with E-state index in [1.54, 1.807) is 25.3 Å². The first kappa shape index (κ1) is 18.8. The van der Waals surface area contributed by atoms with E-state index in [4.69, 9.17) is 14.2 Å². The maximum absolute atomic E-state index is 12.2. The van der Waals surface area contributed by atoms with Crippen LogP contribution in [0.2, 0.25) is 0 Å². The summed E-state index contributed by atoms with van der Waals surface area (Å²) in [6, 6.07) is 9.60. The fourth-order valence-electron chi connectivity index (χ4n) is 3.33. The normalized spacial score (nSPS) is 21.7. The predicted octanol–water partition coefficient (Wildman–Crippen LogP) is 1.80. The summed E-state index contributed by atoms with van der Waals surface area (Å²) in [6.07, 6.45) is 0.365. The monoisotopic (exact) mass is 374 g/mol. The van der Waals surface area contributed by atoms with E-state index in [1.807, 2.05) is 6.07 Å². The molecule has 7 nitrogen and oxygen atoms in total. The van der Waals surface area contributed by atoms with Gasteiger partial charge in [-0.15, -0.1) is 0 Å². The van der Waals surface area contributed by atoms with Crippen molar-refractivity contribution in [2.75, 3.05) is 20.8 Å². The molecule has 144 valence electrons. The molecule has 2 aromatic carbocycles. The van der Waals surface area contributed by atoms with Crippen LogP contribution in [0, 0.1) is 5.92 Å². The fraction of sp³-hybridized carbons (Fsp3) is 0.350. The van der Waals surface area contributed by atoms with Gasteiger partial charge in [0.2, 0.25) is 0 Å². The minimum atomic E-state index is -1.73. The summed E-state index contributed by atoms with van der Waals surface area (Å²) in [5.74, 6) is -0.581. The maximum atomic E-state index is 12.2. The third-order valence-corrected chi connectivity index (χ3v) is 4.89. The van der Waals surface area contributed by atoms with Crippen LogP contribution >= 0.6 is 0 Å². The number of aliphatic hydroxyl groups is 1. The summed E-state index contributed by atoms with van der Waals surface area (Å²) in [5.41, 5.74) is -0.344. The average molecular weight is 374 g/mol. The van der Waals surface area contributed by atoms with E-state index in [-0.39, 0.29) is 24.5 Å². The van der Waals surface area contributed by atoms with Gasteiger partial charge in [0.15, 0.2) is 28.6 Å². The topological polar surface area (TPSA) is 105 Å². The Balaban J connectivity index is 1.84. The van der Waals surface area contributed by atoms with E-state index in [1.165, 1.54) is 19.2 Å². The number of hydrogen-bond donors (Lipinski definition) is 3. The number of phenols is 2. The number of ether oxygens (including phenoxy) is 3. The number of carbonyl (C=O) groups excluding carboxylic acids is 1. The van der Waals surface area contributed by atoms with Crippen LogP contribution in [0.4, 0.5) is 0 Å². The summed E-state index contributed by atoms with van der Waals surface area (Å²) in [7, 11) is 3.09. The van der Waals surface area contributed by atoms with Crippen molar-refractivity contribution in [1.82, 2.24) is 0 Å². The predicted molar refractivity (Wildman–Crippen MR) is 96.1 cm³/mol. The van der Waals surface area contributed by atoms with Crippen molar-refractivity contribution < 1.29 is 34.3 Å². The van der Waals surface area contributed by atoms with Crippen LogP contribution in [0.25, 0.3) is 0 Å². The molecule has 1 saturated heterocycles. The SMILES string of the molecule is COc1ccc(C[C@@H]2COC(=O)[C@]2(O)Cc2ccc(O)c(O)c2)cc1OC. The molecule has 1 fully saturated rings. The number of benzene rings is 2. The van der Waals surface area contributed by atoms with Crippen LogP contribution in [0.15, 0.2) is 36.4 Å². The third-order valence-electron chi connectivity index (χ3n) is 4.89. The molecule has 0 spiro atoms. The number of hydrogen-bond acceptors (Lipinski definition) is 7. The lowest BCUT2D eigenvalue weighted by Crippen LogP contribution is -2.44. The van der Waals surface area contributed by atoms with Gasteiger partial charge in [-0.05, 0) is 41.8 Å². The summed E-state index contributed by atoms with van der Waals surface area (Å²) in [5, 5.41) is 30.1. The Hall–Kier alpha value is -2.93. The standard InChI is InChI=1S/C20H22O7/c1-25-17-6-4-12(9-18(17)26-2)7-14-11-27-19(23)20(14,24)10-13-3-5-15(21)16(22)8-13/h3-6,8-9,14,21-22,24H,7,10-11H2,1-2H3/t14-,20+/m1/s1. The summed E-state index contributed by atoms with van der Waals surface area (Å²) in [6.45, 7) is 0.0910. The number of cyclic esters (lactones) is 1. The maximum Gasteiger partial charge on any atom is 0.338 e. The van der Waals surface area contributed by atoms with Crippen LogP contribution < -0.4 is 9.47 Å². The highest BCUT2D eigenvalue weighted by Crippen LogP contribution is 2.36. The van der Waals surface area contributed by atoms with Gasteiger partial charge in [0.1, 0.15) is 0 Å². The highest BCUT2D eigenvalue weighted by atomic mass is 16.6. The molecule has 0 aromatic heterocycles. The average Bonchev–Trinajstić information content (AvgIpc) is 2.92. The number of phenolic OH excluding ortho intramolecular Hbond substituents is 2. The molecule has 3 N–H and O–H groups in total. The van der Waals surface area contributed by atoms with Gasteiger partial charge in [0, 0.05) is 12.3 Å². The Morgan fingerprint density at radius 3 is 2.41 bits per heavy atom. The molecule has 1 aliphatic heterocycles. The molecule has 1 heterocycles. The molecule has 0 bridgehead atoms. The van der Waals surface area contributed by atoms with E-state index < -0.39 is 17.5 Å². The summed E-state index contributed by atoms with van der Waals surface area (Å²) in [4.78, 5) is 12.2. The lowest BCUT2D eigenvalue weighted by molar-refractivity contribution is -0.154. The molecule has 0 aliphatic carbocycles. The van der Waals surface area contributed by atoms with Gasteiger partial charge in [-0.25, -0.2) is 4.79 Å². The van der Waals surface area contributed by atoms with Gasteiger partial charge >= 0.3 is 5.97 Å². The molecule has 0 unspecified atom stereocenters. The Morgan fingerprint density at radius 2 is 1.74 bits per heavy atom. The second kappa shape index (κ2) is 7.36. The van der Waals surface area contributed by atoms with Gasteiger partial charge in [-0.2, -0.15) is 0 Å². The molecule has 0 amide bonds. The fourth-order valence-corrected chi connectivity index (χ4v) is 3.33. The zero-order valence-corrected chi connectivity index (χ0v) is 15.1. The van der Waals surface area contributed by atoms with Gasteiger partial charge in [0.25, 0.3) is 0 Å². The first-order valence-corrected chi connectivity index (χ1v) is 8.48. The molecular formula is C20H22O7. The molecular weight excluding hydrogens is 352 g/mol. The zero-order valence-electron chi connectivity index (χ0n) is 15.1. The van der Waals surface area contributed by atoms with E-state index in [0.717, 1.165) is 5.56 Å². The van der Waals surface area contributed by atoms with E-state index in [2.05, 4.69) is 0 Å². The molecule has 2 atom stereocenters. The van der Waals surface area contributed by atoms with Crippen LogP contribution in [0.5, 0.6) is 23.0 Å². The molecule has 2 aromatic rings. The van der Waals surface area contributed by atoms with Crippen molar-refractivity contribution in [3.63, 3.8) is 0 Å². The van der Waals surface area contributed by atoms with Crippen LogP contribution in [0.3, 0.4) is 0 Å². The minimum Gasteiger partial charge on any atom is -0.504 e. The van der Waals surface area contributed by atoms with Gasteiger partial charge in [-0.3, -0.25) is 0 Å². The Kier molecular flexibility index (Phi) is 5.14. The van der Waals surface area contributed by atoms with Crippen LogP contribution in [-0.4, -0.2) is 47.7 Å². The van der Waals surface area contributed by atoms with Crippen molar-refractivity contribution in [3.05, 3.63) is 47.5 Å². The smallest absolute Gasteiger partial charge is 0.338 e. The van der Waals surface area contributed by atoms with Gasteiger partial charge in [-0.1, -0.05) is 12.1 Å².